The van der Waals surface area contributed by atoms with Crippen molar-refractivity contribution in [1.82, 2.24) is 4.98 Å². The van der Waals surface area contributed by atoms with Crippen molar-refractivity contribution in [2.75, 3.05) is 7.11 Å². The molecule has 4 heteroatoms. The molecule has 0 saturated heterocycles. The molecule has 0 fully saturated rings. The predicted octanol–water partition coefficient (Wildman–Crippen LogP) is 1.77. The zero-order valence-electron chi connectivity index (χ0n) is 8.11. The van der Waals surface area contributed by atoms with Gasteiger partial charge in [0.2, 0.25) is 0 Å². The van der Waals surface area contributed by atoms with E-state index in [1.54, 1.807) is 24.3 Å². The van der Waals surface area contributed by atoms with Crippen molar-refractivity contribution in [3.8, 4) is 0 Å². The van der Waals surface area contributed by atoms with Crippen molar-refractivity contribution >= 4 is 23.2 Å². The van der Waals surface area contributed by atoms with E-state index < -0.39 is 5.97 Å². The summed E-state index contributed by atoms with van der Waals surface area (Å²) in [6.07, 6.45) is 0.709. The van der Waals surface area contributed by atoms with E-state index in [-0.39, 0.29) is 0 Å². The molecule has 0 bridgehead atoms. The smallest absolute Gasteiger partial charge is 0.338 e. The quantitative estimate of drug-likeness (QED) is 0.597. The summed E-state index contributed by atoms with van der Waals surface area (Å²) in [5.41, 5.74) is 1.65. The Hall–Kier alpha value is -2.10. The Labute approximate surface area is 85.9 Å². The number of aromatic amines is 1. The average molecular weight is 203 g/mol. The normalized spacial score (nSPS) is 10.2. The fraction of sp³-hybridized carbons (Fsp3) is 0.0909. The number of H-pyrrole nitrogens is 1. The molecule has 2 rings (SSSR count). The summed E-state index contributed by atoms with van der Waals surface area (Å²) in [6.45, 7) is 0. The van der Waals surface area contributed by atoms with Crippen LogP contribution in [0.4, 0.5) is 0 Å². The van der Waals surface area contributed by atoms with Gasteiger partial charge in [0.25, 0.3) is 0 Å². The first-order chi connectivity index (χ1) is 7.26. The van der Waals surface area contributed by atoms with Crippen LogP contribution in [-0.2, 0) is 4.74 Å². The van der Waals surface area contributed by atoms with Crippen molar-refractivity contribution in [3.63, 3.8) is 0 Å². The van der Waals surface area contributed by atoms with Crippen LogP contribution in [-0.4, -0.2) is 24.3 Å². The van der Waals surface area contributed by atoms with Crippen LogP contribution in [0.2, 0.25) is 0 Å². The first-order valence-electron chi connectivity index (χ1n) is 4.41. The minimum Gasteiger partial charge on any atom is -0.465 e. The van der Waals surface area contributed by atoms with Gasteiger partial charge in [-0.1, -0.05) is 6.07 Å². The number of fused-ring (bicyclic) bond motifs is 1. The van der Waals surface area contributed by atoms with Crippen LogP contribution in [0.3, 0.4) is 0 Å². The number of carbonyl (C=O) groups is 2. The molecule has 0 amide bonds. The third-order valence-corrected chi connectivity index (χ3v) is 2.22. The number of methoxy groups -OCH3 is 1. The largest absolute Gasteiger partial charge is 0.465 e. The number of aldehydes is 1. The standard InChI is InChI=1S/C11H9NO3/c1-15-11(14)8-3-2-4-10-9(8)5-7(6-13)12-10/h2-6,12H,1H3. The molecule has 1 aromatic carbocycles. The van der Waals surface area contributed by atoms with Gasteiger partial charge in [-0.25, -0.2) is 4.79 Å². The van der Waals surface area contributed by atoms with Gasteiger partial charge in [0.05, 0.1) is 18.4 Å². The fourth-order valence-corrected chi connectivity index (χ4v) is 1.53. The number of benzene rings is 1. The second-order valence-electron chi connectivity index (χ2n) is 3.10. The van der Waals surface area contributed by atoms with Crippen LogP contribution in [0.25, 0.3) is 10.9 Å². The van der Waals surface area contributed by atoms with Crippen LogP contribution >= 0.6 is 0 Å². The van der Waals surface area contributed by atoms with Crippen LogP contribution in [0.15, 0.2) is 24.3 Å². The fourth-order valence-electron chi connectivity index (χ4n) is 1.53. The van der Waals surface area contributed by atoms with E-state index in [9.17, 15) is 9.59 Å². The number of ether oxygens (including phenoxy) is 1. The average Bonchev–Trinajstić information content (AvgIpc) is 2.70. The minimum absolute atomic E-state index is 0.406. The highest BCUT2D eigenvalue weighted by molar-refractivity contribution is 6.05. The summed E-state index contributed by atoms with van der Waals surface area (Å²) in [5, 5.41) is 0.700. The third-order valence-electron chi connectivity index (χ3n) is 2.22. The van der Waals surface area contributed by atoms with Gasteiger partial charge in [-0.2, -0.15) is 0 Å². The Morgan fingerprint density at radius 1 is 1.47 bits per heavy atom. The van der Waals surface area contributed by atoms with Crippen molar-refractivity contribution in [1.29, 1.82) is 0 Å². The molecule has 2 aromatic rings. The van der Waals surface area contributed by atoms with Crippen LogP contribution in [0.1, 0.15) is 20.8 Å². The Kier molecular flexibility index (Phi) is 2.25. The van der Waals surface area contributed by atoms with Crippen molar-refractivity contribution < 1.29 is 14.3 Å². The Morgan fingerprint density at radius 2 is 2.27 bits per heavy atom. The zero-order chi connectivity index (χ0) is 10.8. The first kappa shape index (κ1) is 9.45. The van der Waals surface area contributed by atoms with Crippen LogP contribution in [0.5, 0.6) is 0 Å². The molecular formula is C11H9NO3. The number of esters is 1. The lowest BCUT2D eigenvalue weighted by Gasteiger charge is -1.99. The second-order valence-corrected chi connectivity index (χ2v) is 3.10. The molecule has 0 aliphatic heterocycles. The van der Waals surface area contributed by atoms with Gasteiger partial charge in [0, 0.05) is 10.9 Å². The molecule has 4 nitrogen and oxygen atoms in total. The summed E-state index contributed by atoms with van der Waals surface area (Å²) in [4.78, 5) is 24.9. The highest BCUT2D eigenvalue weighted by Gasteiger charge is 2.11. The van der Waals surface area contributed by atoms with E-state index in [1.165, 1.54) is 7.11 Å². The van der Waals surface area contributed by atoms with Gasteiger partial charge in [0.15, 0.2) is 6.29 Å². The summed E-state index contributed by atoms with van der Waals surface area (Å²) in [5.74, 6) is -0.406. The summed E-state index contributed by atoms with van der Waals surface area (Å²) < 4.78 is 4.65. The van der Waals surface area contributed by atoms with E-state index in [4.69, 9.17) is 0 Å². The van der Waals surface area contributed by atoms with Crippen LogP contribution in [0, 0.1) is 0 Å². The predicted molar refractivity (Wildman–Crippen MR) is 55.0 cm³/mol. The molecule has 0 aliphatic rings. The monoisotopic (exact) mass is 203 g/mol. The number of rotatable bonds is 2. The van der Waals surface area contributed by atoms with Crippen molar-refractivity contribution in [3.05, 3.63) is 35.5 Å². The SMILES string of the molecule is COC(=O)c1cccc2[nH]c(C=O)cc12. The highest BCUT2D eigenvalue weighted by atomic mass is 16.5. The van der Waals surface area contributed by atoms with E-state index in [1.807, 2.05) is 0 Å². The Bertz CT molecular complexity index is 528. The van der Waals surface area contributed by atoms with E-state index in [0.29, 0.717) is 22.9 Å². The van der Waals surface area contributed by atoms with E-state index >= 15 is 0 Å². The van der Waals surface area contributed by atoms with E-state index in [2.05, 4.69) is 9.72 Å². The molecular weight excluding hydrogens is 194 g/mol. The third kappa shape index (κ3) is 1.50. The van der Waals surface area contributed by atoms with E-state index in [0.717, 1.165) is 5.52 Å². The van der Waals surface area contributed by atoms with Crippen LogP contribution < -0.4 is 0 Å². The number of hydrogen-bond donors (Lipinski definition) is 1. The number of hydrogen-bond acceptors (Lipinski definition) is 3. The highest BCUT2D eigenvalue weighted by Crippen LogP contribution is 2.19. The maximum Gasteiger partial charge on any atom is 0.338 e. The molecule has 1 heterocycles. The molecule has 0 aliphatic carbocycles. The molecule has 0 saturated carbocycles. The molecule has 0 spiro atoms. The van der Waals surface area contributed by atoms with Gasteiger partial charge in [-0.3, -0.25) is 4.79 Å². The summed E-state index contributed by atoms with van der Waals surface area (Å²) in [6, 6.07) is 6.83. The van der Waals surface area contributed by atoms with Gasteiger partial charge in [-0.15, -0.1) is 0 Å². The van der Waals surface area contributed by atoms with Gasteiger partial charge in [-0.05, 0) is 18.2 Å². The molecule has 15 heavy (non-hydrogen) atoms. The first-order valence-corrected chi connectivity index (χ1v) is 4.41. The Balaban J connectivity index is 2.69. The lowest BCUT2D eigenvalue weighted by Crippen LogP contribution is -2.00. The molecule has 1 N–H and O–H groups in total. The lowest BCUT2D eigenvalue weighted by atomic mass is 10.1. The number of carbonyl (C=O) groups excluding carboxylic acids is 2. The summed E-state index contributed by atoms with van der Waals surface area (Å²) in [7, 11) is 1.33. The molecule has 0 unspecified atom stereocenters. The Morgan fingerprint density at radius 3 is 2.93 bits per heavy atom. The van der Waals surface area contributed by atoms with Crippen molar-refractivity contribution in [2.45, 2.75) is 0 Å². The topological polar surface area (TPSA) is 59.2 Å². The second kappa shape index (κ2) is 3.57. The number of aromatic nitrogens is 1. The van der Waals surface area contributed by atoms with Crippen molar-refractivity contribution in [2.24, 2.45) is 0 Å². The zero-order valence-corrected chi connectivity index (χ0v) is 8.11. The molecule has 76 valence electrons. The molecule has 1 aromatic heterocycles. The minimum atomic E-state index is -0.406. The van der Waals surface area contributed by atoms with Gasteiger partial charge in [0.1, 0.15) is 0 Å². The van der Waals surface area contributed by atoms with Gasteiger partial charge >= 0.3 is 5.97 Å². The lowest BCUT2D eigenvalue weighted by molar-refractivity contribution is 0.0603. The maximum absolute atomic E-state index is 11.4. The molecule has 0 atom stereocenters. The maximum atomic E-state index is 11.4. The molecule has 0 radical (unpaired) electrons. The van der Waals surface area contributed by atoms with Gasteiger partial charge < -0.3 is 9.72 Å². The number of nitrogens with one attached hydrogen (secondary N) is 1. The summed E-state index contributed by atoms with van der Waals surface area (Å²) >= 11 is 0.